The van der Waals surface area contributed by atoms with Crippen LogP contribution in [-0.4, -0.2) is 54.9 Å². The van der Waals surface area contributed by atoms with Crippen molar-refractivity contribution in [3.8, 4) is 0 Å². The lowest BCUT2D eigenvalue weighted by Gasteiger charge is -2.37. The largest absolute Gasteiger partial charge is 0.514 e. The van der Waals surface area contributed by atoms with Crippen molar-refractivity contribution in [2.45, 2.75) is 51.1 Å². The van der Waals surface area contributed by atoms with Crippen molar-refractivity contribution in [3.63, 3.8) is 0 Å². The molecule has 2 aliphatic rings. The van der Waals surface area contributed by atoms with Gasteiger partial charge >= 0.3 is 5.95 Å². The van der Waals surface area contributed by atoms with Crippen LogP contribution >= 0.6 is 0 Å². The topological polar surface area (TPSA) is 136 Å². The first-order valence-electron chi connectivity index (χ1n) is 10.6. The molecule has 11 nitrogen and oxygen atoms in total. The molecule has 11 heteroatoms. The summed E-state index contributed by atoms with van der Waals surface area (Å²) in [6, 6.07) is 7.58. The van der Waals surface area contributed by atoms with Gasteiger partial charge in [0.2, 0.25) is 11.8 Å². The zero-order valence-electron chi connectivity index (χ0n) is 17.1. The summed E-state index contributed by atoms with van der Waals surface area (Å²) in [5.74, 6) is -0.841. The minimum Gasteiger partial charge on any atom is -0.390 e. The van der Waals surface area contributed by atoms with Crippen molar-refractivity contribution < 1.29 is 14.5 Å². The van der Waals surface area contributed by atoms with Gasteiger partial charge in [0.15, 0.2) is 6.54 Å². The number of rotatable bonds is 6. The van der Waals surface area contributed by atoms with Gasteiger partial charge in [0, 0.05) is 24.2 Å². The maximum Gasteiger partial charge on any atom is 0.514 e. The molecule has 1 unspecified atom stereocenters. The summed E-state index contributed by atoms with van der Waals surface area (Å²) in [7, 11) is 0. The molecule has 2 aromatic rings. The fourth-order valence-corrected chi connectivity index (χ4v) is 4.46. The quantitative estimate of drug-likeness (QED) is 0.543. The number of carbonyl (C=O) groups is 2. The van der Waals surface area contributed by atoms with Crippen LogP contribution in [-0.2, 0) is 22.6 Å². The van der Waals surface area contributed by atoms with E-state index < -0.39 is 10.9 Å². The fourth-order valence-electron chi connectivity index (χ4n) is 4.46. The number of carbonyl (C=O) groups excluding carboxylic acids is 2. The van der Waals surface area contributed by atoms with Crippen molar-refractivity contribution in [2.75, 3.05) is 13.1 Å². The van der Waals surface area contributed by atoms with E-state index in [2.05, 4.69) is 20.7 Å². The molecular weight excluding hydrogens is 402 g/mol. The number of aromatic nitrogens is 4. The number of benzene rings is 1. The second kappa shape index (κ2) is 9.19. The average Bonchev–Trinajstić information content (AvgIpc) is 3.26. The van der Waals surface area contributed by atoms with Gasteiger partial charge in [-0.25, -0.2) is 0 Å². The first kappa shape index (κ1) is 20.9. The van der Waals surface area contributed by atoms with Crippen LogP contribution in [0.3, 0.4) is 0 Å². The highest BCUT2D eigenvalue weighted by Gasteiger charge is 2.33. The molecule has 1 aromatic carbocycles. The molecular formula is C20H25N7O4. The molecule has 0 radical (unpaired) electrons. The van der Waals surface area contributed by atoms with E-state index >= 15 is 0 Å². The molecule has 1 atom stereocenters. The highest BCUT2D eigenvalue weighted by atomic mass is 16.6. The van der Waals surface area contributed by atoms with E-state index in [1.54, 1.807) is 4.90 Å². The normalized spacial score (nSPS) is 19.0. The molecule has 0 saturated heterocycles. The van der Waals surface area contributed by atoms with E-state index in [1.807, 2.05) is 24.3 Å². The zero-order chi connectivity index (χ0) is 21.8. The Morgan fingerprint density at radius 2 is 1.97 bits per heavy atom. The van der Waals surface area contributed by atoms with E-state index in [4.69, 9.17) is 0 Å². The molecule has 4 rings (SSSR count). The van der Waals surface area contributed by atoms with E-state index in [1.165, 1.54) is 6.42 Å². The molecule has 1 N–H and O–H groups in total. The van der Waals surface area contributed by atoms with Gasteiger partial charge in [-0.3, -0.25) is 9.59 Å². The molecule has 1 fully saturated rings. The maximum absolute atomic E-state index is 13.0. The van der Waals surface area contributed by atoms with Gasteiger partial charge in [-0.1, -0.05) is 48.3 Å². The first-order valence-corrected chi connectivity index (χ1v) is 10.6. The Morgan fingerprint density at radius 3 is 2.71 bits per heavy atom. The van der Waals surface area contributed by atoms with Crippen LogP contribution < -0.4 is 5.32 Å². The summed E-state index contributed by atoms with van der Waals surface area (Å²) in [4.78, 5) is 38.3. The van der Waals surface area contributed by atoms with Gasteiger partial charge in [-0.05, 0) is 35.3 Å². The summed E-state index contributed by atoms with van der Waals surface area (Å²) in [6.45, 7) is 0.551. The minimum absolute atomic E-state index is 0.0385. The van der Waals surface area contributed by atoms with Crippen LogP contribution in [0.2, 0.25) is 0 Å². The Bertz CT molecular complexity index is 970. The monoisotopic (exact) mass is 427 g/mol. The second-order valence-electron chi connectivity index (χ2n) is 8.01. The Morgan fingerprint density at radius 1 is 1.19 bits per heavy atom. The first-order chi connectivity index (χ1) is 15.0. The van der Waals surface area contributed by atoms with Crippen molar-refractivity contribution in [3.05, 3.63) is 45.5 Å². The fraction of sp³-hybridized carbons (Fsp3) is 0.550. The second-order valence-corrected chi connectivity index (χ2v) is 8.01. The molecule has 1 aliphatic heterocycles. The Hall–Kier alpha value is -3.37. The lowest BCUT2D eigenvalue weighted by Crippen LogP contribution is -2.47. The van der Waals surface area contributed by atoms with E-state index in [0.717, 1.165) is 41.6 Å². The predicted molar refractivity (Wildman–Crippen MR) is 109 cm³/mol. The highest BCUT2D eigenvalue weighted by Crippen LogP contribution is 2.30. The van der Waals surface area contributed by atoms with E-state index in [9.17, 15) is 19.7 Å². The number of hydrogen-bond acceptors (Lipinski definition) is 7. The van der Waals surface area contributed by atoms with Crippen molar-refractivity contribution in [1.82, 2.24) is 30.4 Å². The van der Waals surface area contributed by atoms with Crippen LogP contribution in [0.15, 0.2) is 24.3 Å². The predicted octanol–water partition coefficient (Wildman–Crippen LogP) is 1.40. The standard InChI is InChI=1S/C20H25N7O4/c28-18(13-26-23-20(22-24-26)27(30)31)25-11-10-14-6-4-5-9-16(14)17(25)12-21-19(29)15-7-2-1-3-8-15/h4-6,9,15,17H,1-3,7-8,10-13H2,(H,21,29). The van der Waals surface area contributed by atoms with Gasteiger partial charge < -0.3 is 20.3 Å². The molecule has 2 heterocycles. The van der Waals surface area contributed by atoms with Gasteiger partial charge in [0.05, 0.1) is 16.2 Å². The molecule has 1 aromatic heterocycles. The van der Waals surface area contributed by atoms with Gasteiger partial charge in [0.1, 0.15) is 0 Å². The van der Waals surface area contributed by atoms with Crippen LogP contribution in [0.1, 0.15) is 49.3 Å². The Labute approximate surface area is 178 Å². The van der Waals surface area contributed by atoms with Crippen LogP contribution in [0, 0.1) is 16.0 Å². The van der Waals surface area contributed by atoms with Gasteiger partial charge in [0.25, 0.3) is 0 Å². The number of amides is 2. The smallest absolute Gasteiger partial charge is 0.390 e. The molecule has 2 amide bonds. The highest BCUT2D eigenvalue weighted by molar-refractivity contribution is 5.79. The molecule has 31 heavy (non-hydrogen) atoms. The Kier molecular flexibility index (Phi) is 6.19. The number of nitrogens with one attached hydrogen (secondary N) is 1. The third-order valence-corrected chi connectivity index (χ3v) is 6.06. The number of nitrogens with zero attached hydrogens (tertiary/aromatic N) is 6. The SMILES string of the molecule is O=C(NCC1c2ccccc2CCN1C(=O)Cn1nnc([N+](=O)[O-])n1)C1CCCCC1. The molecule has 1 saturated carbocycles. The van der Waals surface area contributed by atoms with Crippen molar-refractivity contribution >= 4 is 17.8 Å². The number of tetrazole rings is 1. The summed E-state index contributed by atoms with van der Waals surface area (Å²) in [5.41, 5.74) is 2.15. The molecule has 0 spiro atoms. The van der Waals surface area contributed by atoms with Crippen molar-refractivity contribution in [1.29, 1.82) is 0 Å². The summed E-state index contributed by atoms with van der Waals surface area (Å²) >= 11 is 0. The van der Waals surface area contributed by atoms with Gasteiger partial charge in [-0.2, -0.15) is 0 Å². The van der Waals surface area contributed by atoms with E-state index in [-0.39, 0.29) is 30.3 Å². The van der Waals surface area contributed by atoms with E-state index in [0.29, 0.717) is 19.5 Å². The number of nitro groups is 1. The summed E-state index contributed by atoms with van der Waals surface area (Å²) in [6.07, 6.45) is 5.84. The summed E-state index contributed by atoms with van der Waals surface area (Å²) < 4.78 is 0. The van der Waals surface area contributed by atoms with Crippen LogP contribution in [0.25, 0.3) is 0 Å². The van der Waals surface area contributed by atoms with Gasteiger partial charge in [-0.15, -0.1) is 0 Å². The molecule has 164 valence electrons. The zero-order valence-corrected chi connectivity index (χ0v) is 17.1. The Balaban J connectivity index is 1.48. The number of hydrogen-bond donors (Lipinski definition) is 1. The van der Waals surface area contributed by atoms with Crippen LogP contribution in [0.4, 0.5) is 5.95 Å². The van der Waals surface area contributed by atoms with Crippen LogP contribution in [0.5, 0.6) is 0 Å². The third-order valence-electron chi connectivity index (χ3n) is 6.06. The summed E-state index contributed by atoms with van der Waals surface area (Å²) in [5, 5.41) is 24.4. The molecule has 0 bridgehead atoms. The maximum atomic E-state index is 13.0. The third kappa shape index (κ3) is 4.70. The minimum atomic E-state index is -0.755. The van der Waals surface area contributed by atoms with Crippen molar-refractivity contribution in [2.24, 2.45) is 5.92 Å². The molecule has 1 aliphatic carbocycles. The lowest BCUT2D eigenvalue weighted by atomic mass is 9.88. The average molecular weight is 427 g/mol. The lowest BCUT2D eigenvalue weighted by molar-refractivity contribution is -0.394. The number of fused-ring (bicyclic) bond motifs is 1.